The van der Waals surface area contributed by atoms with Crippen LogP contribution in [0, 0.1) is 0 Å². The summed E-state index contributed by atoms with van der Waals surface area (Å²) in [6.07, 6.45) is 2.27. The number of benzene rings is 8. The summed E-state index contributed by atoms with van der Waals surface area (Å²) in [6.45, 7) is 0. The number of fused-ring (bicyclic) bond motifs is 6. The summed E-state index contributed by atoms with van der Waals surface area (Å²) in [7, 11) is 0. The molecule has 0 unspecified atom stereocenters. The maximum absolute atomic E-state index is 6.66. The number of hydrogen-bond donors (Lipinski definition) is 0. The highest BCUT2D eigenvalue weighted by atomic mass is 16.3. The van der Waals surface area contributed by atoms with Gasteiger partial charge in [0.25, 0.3) is 0 Å². The topological polar surface area (TPSA) is 18.1 Å². The molecule has 0 radical (unpaired) electrons. The zero-order chi connectivity index (χ0) is 34.4. The van der Waals surface area contributed by atoms with E-state index in [4.69, 9.17) is 4.42 Å². The summed E-state index contributed by atoms with van der Waals surface area (Å²) < 4.78 is 9.02. The maximum Gasteiger partial charge on any atom is 0.143 e. The van der Waals surface area contributed by atoms with Crippen molar-refractivity contribution in [3.05, 3.63) is 211 Å². The highest BCUT2D eigenvalue weighted by molar-refractivity contribution is 6.13. The summed E-state index contributed by atoms with van der Waals surface area (Å²) in [5.41, 5.74) is 14.6. The molecule has 0 atom stereocenters. The predicted molar refractivity (Wildman–Crippen MR) is 219 cm³/mol. The molecule has 0 N–H and O–H groups in total. The van der Waals surface area contributed by atoms with Crippen molar-refractivity contribution in [1.29, 1.82) is 0 Å². The normalized spacial score (nSPS) is 12.0. The average Bonchev–Trinajstić information content (AvgIpc) is 3.76. The lowest BCUT2D eigenvalue weighted by Gasteiger charge is -2.11. The SMILES string of the molecule is C(=C(/c1ccccc1)c1ccc(-c2ccc3oc4c(-c5ccc6c7ccccc7n(-c7ccccc7)c6c5)cccc4c3c2)cc1)/c1ccccc1. The Kier molecular flexibility index (Phi) is 7.18. The molecule has 0 aliphatic carbocycles. The average molecular weight is 664 g/mol. The molecule has 0 bridgehead atoms. The summed E-state index contributed by atoms with van der Waals surface area (Å²) in [4.78, 5) is 0. The molecule has 0 aliphatic rings. The first kappa shape index (κ1) is 30.0. The van der Waals surface area contributed by atoms with Crippen molar-refractivity contribution in [2.75, 3.05) is 0 Å². The molecule has 52 heavy (non-hydrogen) atoms. The van der Waals surface area contributed by atoms with Crippen LogP contribution < -0.4 is 0 Å². The molecule has 0 aliphatic heterocycles. The van der Waals surface area contributed by atoms with Crippen molar-refractivity contribution < 1.29 is 4.42 Å². The lowest BCUT2D eigenvalue weighted by Crippen LogP contribution is -1.93. The second-order valence-electron chi connectivity index (χ2n) is 13.3. The van der Waals surface area contributed by atoms with E-state index in [1.807, 2.05) is 0 Å². The van der Waals surface area contributed by atoms with Crippen LogP contribution in [-0.4, -0.2) is 4.57 Å². The highest BCUT2D eigenvalue weighted by Crippen LogP contribution is 2.40. The van der Waals surface area contributed by atoms with Gasteiger partial charge >= 0.3 is 0 Å². The second kappa shape index (κ2) is 12.5. The number of hydrogen-bond acceptors (Lipinski definition) is 1. The van der Waals surface area contributed by atoms with Gasteiger partial charge in [0.05, 0.1) is 11.0 Å². The van der Waals surface area contributed by atoms with Gasteiger partial charge in [-0.05, 0) is 81.4 Å². The van der Waals surface area contributed by atoms with Crippen LogP contribution in [0.4, 0.5) is 0 Å². The molecule has 2 heterocycles. The fraction of sp³-hybridized carbons (Fsp3) is 0. The van der Waals surface area contributed by atoms with E-state index >= 15 is 0 Å². The Bertz CT molecular complexity index is 2910. The van der Waals surface area contributed by atoms with Crippen LogP contribution in [0.2, 0.25) is 0 Å². The third-order valence-electron chi connectivity index (χ3n) is 10.2. The molecule has 8 aromatic carbocycles. The quantitative estimate of drug-likeness (QED) is 0.162. The van der Waals surface area contributed by atoms with E-state index in [-0.39, 0.29) is 0 Å². The first-order chi connectivity index (χ1) is 25.8. The fourth-order valence-electron chi connectivity index (χ4n) is 7.71. The number of para-hydroxylation sites is 3. The van der Waals surface area contributed by atoms with E-state index in [0.29, 0.717) is 0 Å². The van der Waals surface area contributed by atoms with Crippen LogP contribution in [0.15, 0.2) is 199 Å². The van der Waals surface area contributed by atoms with Crippen molar-refractivity contribution in [1.82, 2.24) is 4.57 Å². The molecule has 0 fully saturated rings. The van der Waals surface area contributed by atoms with Gasteiger partial charge in [-0.25, -0.2) is 0 Å². The van der Waals surface area contributed by atoms with Crippen LogP contribution in [0.25, 0.3) is 83.3 Å². The van der Waals surface area contributed by atoms with Crippen molar-refractivity contribution in [3.8, 4) is 27.9 Å². The number of furan rings is 1. The Morgan fingerprint density at radius 1 is 0.423 bits per heavy atom. The van der Waals surface area contributed by atoms with Crippen molar-refractivity contribution in [3.63, 3.8) is 0 Å². The minimum Gasteiger partial charge on any atom is -0.455 e. The number of nitrogens with zero attached hydrogens (tertiary/aromatic N) is 1. The van der Waals surface area contributed by atoms with E-state index < -0.39 is 0 Å². The fourth-order valence-corrected chi connectivity index (χ4v) is 7.71. The number of aromatic nitrogens is 1. The lowest BCUT2D eigenvalue weighted by atomic mass is 9.93. The lowest BCUT2D eigenvalue weighted by molar-refractivity contribution is 0.670. The largest absolute Gasteiger partial charge is 0.455 e. The standard InChI is InChI=1S/C50H33NO/c1-4-13-34(14-5-1)31-45(36-15-6-2-7-16-36)37-25-23-35(24-26-37)38-28-30-49-46(32-38)44-21-12-20-41(50(44)52-49)39-27-29-43-42-19-10-11-22-47(42)51(48(43)33-39)40-17-8-3-9-18-40/h1-33H/b45-31+. The van der Waals surface area contributed by atoms with Crippen molar-refractivity contribution in [2.45, 2.75) is 0 Å². The van der Waals surface area contributed by atoms with E-state index in [0.717, 1.165) is 44.3 Å². The maximum atomic E-state index is 6.66. The van der Waals surface area contributed by atoms with Gasteiger partial charge in [0.15, 0.2) is 0 Å². The molecule has 0 spiro atoms. The Morgan fingerprint density at radius 2 is 1.06 bits per heavy atom. The highest BCUT2D eigenvalue weighted by Gasteiger charge is 2.17. The van der Waals surface area contributed by atoms with Crippen LogP contribution >= 0.6 is 0 Å². The summed E-state index contributed by atoms with van der Waals surface area (Å²) in [6, 6.07) is 69.2. The molecule has 2 heteroatoms. The van der Waals surface area contributed by atoms with Crippen LogP contribution in [0.3, 0.4) is 0 Å². The van der Waals surface area contributed by atoms with Gasteiger partial charge in [0.1, 0.15) is 11.2 Å². The van der Waals surface area contributed by atoms with Gasteiger partial charge in [-0.1, -0.05) is 158 Å². The van der Waals surface area contributed by atoms with E-state index in [1.54, 1.807) is 0 Å². The first-order valence-corrected chi connectivity index (χ1v) is 17.8. The van der Waals surface area contributed by atoms with Crippen molar-refractivity contribution in [2.24, 2.45) is 0 Å². The Labute approximate surface area is 302 Å². The van der Waals surface area contributed by atoms with Crippen molar-refractivity contribution >= 4 is 55.4 Å². The molecule has 244 valence electrons. The zero-order valence-electron chi connectivity index (χ0n) is 28.4. The smallest absolute Gasteiger partial charge is 0.143 e. The third-order valence-corrected chi connectivity index (χ3v) is 10.2. The van der Waals surface area contributed by atoms with Gasteiger partial charge in [-0.3, -0.25) is 0 Å². The second-order valence-corrected chi connectivity index (χ2v) is 13.3. The van der Waals surface area contributed by atoms with Crippen LogP contribution in [0.5, 0.6) is 0 Å². The van der Waals surface area contributed by atoms with E-state index in [1.165, 1.54) is 49.6 Å². The summed E-state index contributed by atoms with van der Waals surface area (Å²) in [5.74, 6) is 0. The monoisotopic (exact) mass is 663 g/mol. The third kappa shape index (κ3) is 5.12. The molecule has 0 saturated heterocycles. The zero-order valence-corrected chi connectivity index (χ0v) is 28.4. The van der Waals surface area contributed by atoms with Gasteiger partial charge in [-0.15, -0.1) is 0 Å². The predicted octanol–water partition coefficient (Wildman–Crippen LogP) is 13.6. The molecular formula is C50H33NO. The molecule has 0 saturated carbocycles. The Hall–Kier alpha value is -6.90. The minimum absolute atomic E-state index is 0.888. The molecular weight excluding hydrogens is 631 g/mol. The molecule has 10 rings (SSSR count). The van der Waals surface area contributed by atoms with Gasteiger partial charge < -0.3 is 8.98 Å². The van der Waals surface area contributed by atoms with Crippen LogP contribution in [-0.2, 0) is 0 Å². The molecule has 2 aromatic heterocycles. The molecule has 10 aromatic rings. The first-order valence-electron chi connectivity index (χ1n) is 17.8. The summed E-state index contributed by atoms with van der Waals surface area (Å²) >= 11 is 0. The van der Waals surface area contributed by atoms with Gasteiger partial charge in [-0.2, -0.15) is 0 Å². The molecule has 0 amide bonds. The van der Waals surface area contributed by atoms with Crippen LogP contribution in [0.1, 0.15) is 16.7 Å². The van der Waals surface area contributed by atoms with Gasteiger partial charge in [0.2, 0.25) is 0 Å². The van der Waals surface area contributed by atoms with E-state index in [9.17, 15) is 0 Å². The number of rotatable bonds is 6. The van der Waals surface area contributed by atoms with Gasteiger partial charge in [0, 0.05) is 32.8 Å². The Morgan fingerprint density at radius 3 is 1.87 bits per heavy atom. The molecule has 2 nitrogen and oxygen atoms in total. The van der Waals surface area contributed by atoms with E-state index in [2.05, 4.69) is 205 Å². The Balaban J connectivity index is 1.05. The minimum atomic E-state index is 0.888. The summed E-state index contributed by atoms with van der Waals surface area (Å²) in [5, 5.41) is 4.72.